The fraction of sp³-hybridized carbons (Fsp3) is 0.167. The third-order valence-electron chi connectivity index (χ3n) is 2.53. The highest BCUT2D eigenvalue weighted by Gasteiger charge is 2.31. The second-order valence-corrected chi connectivity index (χ2v) is 4.21. The van der Waals surface area contributed by atoms with E-state index >= 15 is 0 Å². The number of nitrogens with zero attached hydrogens (tertiary/aromatic N) is 2. The van der Waals surface area contributed by atoms with E-state index in [-0.39, 0.29) is 6.54 Å². The molecule has 0 aliphatic carbocycles. The lowest BCUT2D eigenvalue weighted by Gasteiger charge is -2.11. The number of carbonyl (C=O) groups excluding carboxylic acids is 1. The van der Waals surface area contributed by atoms with Gasteiger partial charge in [-0.05, 0) is 18.2 Å². The Labute approximate surface area is 116 Å². The van der Waals surface area contributed by atoms with Gasteiger partial charge in [0.25, 0.3) is 0 Å². The van der Waals surface area contributed by atoms with Gasteiger partial charge in [-0.3, -0.25) is 9.48 Å². The largest absolute Gasteiger partial charge is 0.416 e. The Morgan fingerprint density at radius 3 is 2.67 bits per heavy atom. The molecule has 2 rings (SSSR count). The molecule has 21 heavy (non-hydrogen) atoms. The van der Waals surface area contributed by atoms with Crippen LogP contribution >= 0.6 is 0 Å². The number of halogens is 4. The number of hydrogen-bond donors (Lipinski definition) is 2. The number of aromatic nitrogens is 2. The van der Waals surface area contributed by atoms with Crippen molar-refractivity contribution in [3.63, 3.8) is 0 Å². The maximum absolute atomic E-state index is 13.4. The fourth-order valence-electron chi connectivity index (χ4n) is 1.60. The Morgan fingerprint density at radius 1 is 1.38 bits per heavy atom. The summed E-state index contributed by atoms with van der Waals surface area (Å²) in [6.45, 7) is -0.299. The quantitative estimate of drug-likeness (QED) is 0.854. The molecule has 2 aromatic rings. The lowest BCUT2D eigenvalue weighted by Crippen LogP contribution is -2.20. The van der Waals surface area contributed by atoms with Gasteiger partial charge in [0, 0.05) is 6.20 Å². The lowest BCUT2D eigenvalue weighted by atomic mass is 10.2. The molecule has 0 aliphatic heterocycles. The summed E-state index contributed by atoms with van der Waals surface area (Å²) in [5.74, 6) is -1.69. The van der Waals surface area contributed by atoms with E-state index in [0.717, 1.165) is 0 Å². The molecule has 0 bridgehead atoms. The molecule has 5 nitrogen and oxygen atoms in total. The maximum atomic E-state index is 13.4. The van der Waals surface area contributed by atoms with E-state index in [2.05, 4.69) is 10.4 Å². The van der Waals surface area contributed by atoms with E-state index in [1.165, 1.54) is 17.1 Å². The molecular weight excluding hydrogens is 292 g/mol. The summed E-state index contributed by atoms with van der Waals surface area (Å²) in [5.41, 5.74) is 4.13. The van der Waals surface area contributed by atoms with Gasteiger partial charge in [0.15, 0.2) is 0 Å². The molecular formula is C12H10F4N4O. The van der Waals surface area contributed by atoms with Crippen molar-refractivity contribution in [2.45, 2.75) is 12.7 Å². The van der Waals surface area contributed by atoms with Gasteiger partial charge >= 0.3 is 6.18 Å². The van der Waals surface area contributed by atoms with Gasteiger partial charge in [-0.2, -0.15) is 18.3 Å². The molecule has 0 unspecified atom stereocenters. The van der Waals surface area contributed by atoms with Crippen LogP contribution in [0.2, 0.25) is 0 Å². The van der Waals surface area contributed by atoms with Gasteiger partial charge in [0.1, 0.15) is 12.4 Å². The normalized spacial score (nSPS) is 11.4. The van der Waals surface area contributed by atoms with Crippen molar-refractivity contribution in [2.24, 2.45) is 0 Å². The zero-order chi connectivity index (χ0) is 15.6. The molecule has 1 aromatic heterocycles. The van der Waals surface area contributed by atoms with Crippen molar-refractivity contribution < 1.29 is 22.4 Å². The van der Waals surface area contributed by atoms with Crippen molar-refractivity contribution in [1.29, 1.82) is 0 Å². The first-order valence-electron chi connectivity index (χ1n) is 5.70. The summed E-state index contributed by atoms with van der Waals surface area (Å²) in [4.78, 5) is 11.6. The first kappa shape index (κ1) is 14.8. The van der Waals surface area contributed by atoms with Crippen LogP contribution in [0.3, 0.4) is 0 Å². The highest BCUT2D eigenvalue weighted by Crippen LogP contribution is 2.31. The summed E-state index contributed by atoms with van der Waals surface area (Å²) in [6.07, 6.45) is -1.95. The van der Waals surface area contributed by atoms with Crippen LogP contribution < -0.4 is 11.1 Å². The molecule has 0 radical (unpaired) electrons. The SMILES string of the molecule is Nc1cnn(CC(=O)Nc2cc(C(F)(F)F)ccc2F)c1. The minimum Gasteiger partial charge on any atom is -0.396 e. The number of hydrogen-bond acceptors (Lipinski definition) is 3. The molecule has 0 saturated carbocycles. The van der Waals surface area contributed by atoms with Crippen LogP contribution in [-0.4, -0.2) is 15.7 Å². The predicted octanol–water partition coefficient (Wildman–Crippen LogP) is 2.26. The van der Waals surface area contributed by atoms with E-state index in [0.29, 0.717) is 23.9 Å². The predicted molar refractivity (Wildman–Crippen MR) is 66.7 cm³/mol. The Balaban J connectivity index is 2.13. The zero-order valence-corrected chi connectivity index (χ0v) is 10.5. The highest BCUT2D eigenvalue weighted by atomic mass is 19.4. The Bertz CT molecular complexity index is 666. The third kappa shape index (κ3) is 3.71. The number of benzene rings is 1. The average molecular weight is 302 g/mol. The van der Waals surface area contributed by atoms with Gasteiger partial charge in [0.2, 0.25) is 5.91 Å². The molecule has 112 valence electrons. The van der Waals surface area contributed by atoms with E-state index in [9.17, 15) is 22.4 Å². The van der Waals surface area contributed by atoms with Crippen molar-refractivity contribution in [3.05, 3.63) is 42.0 Å². The smallest absolute Gasteiger partial charge is 0.396 e. The number of nitrogen functional groups attached to an aromatic ring is 1. The standard InChI is InChI=1S/C12H10F4N4O/c13-9-2-1-7(12(14,15)16)3-10(9)19-11(21)6-20-5-8(17)4-18-20/h1-5H,6,17H2,(H,19,21). The fourth-order valence-corrected chi connectivity index (χ4v) is 1.60. The van der Waals surface area contributed by atoms with Crippen molar-refractivity contribution in [2.75, 3.05) is 11.1 Å². The zero-order valence-electron chi connectivity index (χ0n) is 10.5. The van der Waals surface area contributed by atoms with Gasteiger partial charge < -0.3 is 11.1 Å². The molecule has 0 saturated heterocycles. The van der Waals surface area contributed by atoms with Crippen molar-refractivity contribution >= 4 is 17.3 Å². The number of nitrogens with two attached hydrogens (primary N) is 1. The molecule has 9 heteroatoms. The van der Waals surface area contributed by atoms with Gasteiger partial charge in [-0.25, -0.2) is 4.39 Å². The number of amides is 1. The molecule has 0 aliphatic rings. The van der Waals surface area contributed by atoms with Gasteiger partial charge in [-0.15, -0.1) is 0 Å². The van der Waals surface area contributed by atoms with Crippen molar-refractivity contribution in [1.82, 2.24) is 9.78 Å². The summed E-state index contributed by atoms with van der Waals surface area (Å²) in [6, 6.07) is 1.77. The maximum Gasteiger partial charge on any atom is 0.416 e. The minimum atomic E-state index is -4.62. The number of nitrogens with one attached hydrogen (secondary N) is 1. The monoisotopic (exact) mass is 302 g/mol. The highest BCUT2D eigenvalue weighted by molar-refractivity contribution is 5.90. The second kappa shape index (κ2) is 5.43. The van der Waals surface area contributed by atoms with E-state index in [1.807, 2.05) is 0 Å². The number of rotatable bonds is 3. The first-order valence-corrected chi connectivity index (χ1v) is 5.70. The Kier molecular flexibility index (Phi) is 3.83. The molecule has 0 spiro atoms. The minimum absolute atomic E-state index is 0.299. The van der Waals surface area contributed by atoms with Crippen molar-refractivity contribution in [3.8, 4) is 0 Å². The molecule has 1 aromatic carbocycles. The first-order chi connectivity index (χ1) is 9.75. The Hall–Kier alpha value is -2.58. The third-order valence-corrected chi connectivity index (χ3v) is 2.53. The number of carbonyl (C=O) groups is 1. The molecule has 0 fully saturated rings. The average Bonchev–Trinajstić information content (AvgIpc) is 2.76. The van der Waals surface area contributed by atoms with Gasteiger partial charge in [0.05, 0.1) is 23.1 Å². The van der Waals surface area contributed by atoms with Crippen LogP contribution in [0.15, 0.2) is 30.6 Å². The van der Waals surface area contributed by atoms with Crippen LogP contribution in [-0.2, 0) is 17.5 Å². The summed E-state index contributed by atoms with van der Waals surface area (Å²) < 4.78 is 52.2. The Morgan fingerprint density at radius 2 is 2.10 bits per heavy atom. The van der Waals surface area contributed by atoms with Gasteiger partial charge in [-0.1, -0.05) is 0 Å². The number of alkyl halides is 3. The molecule has 1 amide bonds. The molecule has 3 N–H and O–H groups in total. The van der Waals surface area contributed by atoms with Crippen LogP contribution in [0.25, 0.3) is 0 Å². The topological polar surface area (TPSA) is 72.9 Å². The lowest BCUT2D eigenvalue weighted by molar-refractivity contribution is -0.137. The van der Waals surface area contributed by atoms with Crippen LogP contribution in [0.1, 0.15) is 5.56 Å². The molecule has 0 atom stereocenters. The molecule has 1 heterocycles. The van der Waals surface area contributed by atoms with Crippen LogP contribution in [0, 0.1) is 5.82 Å². The summed E-state index contributed by atoms with van der Waals surface area (Å²) in [5, 5.41) is 5.80. The number of anilines is 2. The summed E-state index contributed by atoms with van der Waals surface area (Å²) >= 11 is 0. The van der Waals surface area contributed by atoms with Crippen LogP contribution in [0.4, 0.5) is 28.9 Å². The van der Waals surface area contributed by atoms with E-state index in [4.69, 9.17) is 5.73 Å². The van der Waals surface area contributed by atoms with Crippen LogP contribution in [0.5, 0.6) is 0 Å². The summed E-state index contributed by atoms with van der Waals surface area (Å²) in [7, 11) is 0. The second-order valence-electron chi connectivity index (χ2n) is 4.21. The van der Waals surface area contributed by atoms with E-state index < -0.39 is 29.2 Å². The van der Waals surface area contributed by atoms with E-state index in [1.54, 1.807) is 0 Å².